The lowest BCUT2D eigenvalue weighted by atomic mass is 9.86. The molecule has 3 atom stereocenters. The van der Waals surface area contributed by atoms with Crippen LogP contribution in [0.5, 0.6) is 0 Å². The van der Waals surface area contributed by atoms with Crippen molar-refractivity contribution in [1.82, 2.24) is 39.6 Å². The van der Waals surface area contributed by atoms with Crippen molar-refractivity contribution in [3.63, 3.8) is 0 Å². The number of carbonyl (C=O) groups is 6. The number of carbonyl (C=O) groups excluding carboxylic acids is 6. The van der Waals surface area contributed by atoms with Gasteiger partial charge in [-0.3, -0.25) is 53.4 Å². The van der Waals surface area contributed by atoms with Crippen LogP contribution in [0.25, 0.3) is 133 Å². The van der Waals surface area contributed by atoms with Gasteiger partial charge < -0.3 is 0 Å². The van der Waals surface area contributed by atoms with Crippen molar-refractivity contribution in [1.29, 1.82) is 0 Å². The molecule has 0 saturated heterocycles. The predicted octanol–water partition coefficient (Wildman–Crippen LogP) is 25.3. The zero-order valence-electron chi connectivity index (χ0n) is 68.3. The number of aromatic nitrogens is 5. The Morgan fingerprint density at radius 2 is 0.529 bits per heavy atom. The van der Waals surface area contributed by atoms with Crippen molar-refractivity contribution in [2.24, 2.45) is 0 Å². The molecule has 14 nitrogen and oxygen atoms in total. The topological polar surface area (TPSA) is 177 Å². The van der Waals surface area contributed by atoms with Crippen molar-refractivity contribution in [3.05, 3.63) is 307 Å². The summed E-state index contributed by atoms with van der Waals surface area (Å²) < 4.78 is 0. The highest BCUT2D eigenvalue weighted by Gasteiger charge is 2.41. The summed E-state index contributed by atoms with van der Waals surface area (Å²) in [6.45, 7) is 12.7. The van der Waals surface area contributed by atoms with Gasteiger partial charge in [-0.15, -0.1) is 0 Å². The Kier molecular flexibility index (Phi) is 23.8. The largest absolute Gasteiger partial charge is 0.271 e. The van der Waals surface area contributed by atoms with E-state index in [9.17, 15) is 28.8 Å². The number of fused-ring (bicyclic) bond motifs is 2. The lowest BCUT2D eigenvalue weighted by molar-refractivity contribution is 0.0508. The molecule has 3 unspecified atom stereocenters. The van der Waals surface area contributed by atoms with E-state index < -0.39 is 0 Å². The van der Waals surface area contributed by atoms with E-state index in [4.69, 9.17) is 15.0 Å². The molecule has 592 valence electrons. The molecule has 3 aliphatic heterocycles. The molecule has 0 fully saturated rings. The molecule has 6 amide bonds. The molecule has 0 spiro atoms. The van der Waals surface area contributed by atoms with Crippen LogP contribution in [0, 0.1) is 0 Å². The van der Waals surface area contributed by atoms with E-state index in [2.05, 4.69) is 136 Å². The van der Waals surface area contributed by atoms with Gasteiger partial charge in [0.05, 0.1) is 0 Å². The summed E-state index contributed by atoms with van der Waals surface area (Å²) in [7, 11) is 0. The quantitative estimate of drug-likeness (QED) is 0.0393. The minimum Gasteiger partial charge on any atom is -0.271 e. The zero-order valence-corrected chi connectivity index (χ0v) is 68.3. The van der Waals surface area contributed by atoms with Crippen LogP contribution in [0.15, 0.2) is 274 Å². The molecule has 6 heterocycles. The third-order valence-electron chi connectivity index (χ3n) is 24.1. The van der Waals surface area contributed by atoms with Crippen molar-refractivity contribution in [3.8, 4) is 78.7 Å². The fourth-order valence-electron chi connectivity index (χ4n) is 18.0. The van der Waals surface area contributed by atoms with E-state index in [1.54, 1.807) is 6.20 Å². The smallest absolute Gasteiger partial charge is 0.261 e. The van der Waals surface area contributed by atoms with Gasteiger partial charge in [-0.1, -0.05) is 287 Å². The molecule has 0 aliphatic carbocycles. The summed E-state index contributed by atoms with van der Waals surface area (Å²) in [5.41, 5.74) is 14.8. The Morgan fingerprint density at radius 3 is 0.891 bits per heavy atom. The van der Waals surface area contributed by atoms with Gasteiger partial charge in [0.15, 0.2) is 17.5 Å². The maximum atomic E-state index is 13.8. The second-order valence-electron chi connectivity index (χ2n) is 31.2. The molecule has 14 heteroatoms. The first-order valence-electron chi connectivity index (χ1n) is 42.4. The Morgan fingerprint density at radius 1 is 0.235 bits per heavy atom. The van der Waals surface area contributed by atoms with Gasteiger partial charge in [-0.2, -0.15) is 0 Å². The molecule has 3 aromatic heterocycles. The molecule has 0 radical (unpaired) electrons. The molecular formula is C105H96N8O6. The lowest BCUT2D eigenvalue weighted by Gasteiger charge is -2.34. The van der Waals surface area contributed by atoms with Crippen LogP contribution in [0.2, 0.25) is 0 Å². The second kappa shape index (κ2) is 35.6. The fraction of sp³-hybridized carbons (Fsp3) is 0.229. The Bertz CT molecular complexity index is 5990. The van der Waals surface area contributed by atoms with Crippen molar-refractivity contribution in [2.75, 3.05) is 0 Å². The molecule has 12 aromatic carbocycles. The van der Waals surface area contributed by atoms with E-state index >= 15 is 0 Å². The molecule has 18 rings (SSSR count). The van der Waals surface area contributed by atoms with Gasteiger partial charge in [-0.25, -0.2) is 15.0 Å². The zero-order chi connectivity index (χ0) is 82.2. The summed E-state index contributed by atoms with van der Waals surface area (Å²) in [6.07, 6.45) is 21.7. The maximum absolute atomic E-state index is 13.8. The summed E-state index contributed by atoms with van der Waals surface area (Å²) in [5, 5.41) is 9.40. The molecule has 0 bridgehead atoms. The van der Waals surface area contributed by atoms with Gasteiger partial charge in [0.1, 0.15) is 0 Å². The van der Waals surface area contributed by atoms with E-state index in [-0.39, 0.29) is 53.6 Å². The van der Waals surface area contributed by atoms with Crippen LogP contribution in [0.1, 0.15) is 200 Å². The number of pyridine rings is 2. The first-order valence-corrected chi connectivity index (χ1v) is 42.4. The SMILES string of the molecule is CCCCCC(CC)N1C(=O)c2cccc3c(-c4ccc(-c5cccnc5)c5ccccc45)ccc(c23)C1=O.CCCCCC(CC)N1C(=O)c2cccc3c(-c4ccc(-c5ccncc5)c5ccccc45)ccc(c23)C1=O.CCCCCC(CC)N1C(=O)c2cccc3c(-c4nc(-c5ccccc5)nc(-c5ccccc5)n4)ccc(c23)C1=O. The predicted molar refractivity (Wildman–Crippen MR) is 480 cm³/mol. The molecule has 0 saturated carbocycles. The summed E-state index contributed by atoms with van der Waals surface area (Å²) >= 11 is 0. The van der Waals surface area contributed by atoms with Gasteiger partial charge in [0.25, 0.3) is 35.4 Å². The highest BCUT2D eigenvalue weighted by molar-refractivity contribution is 6.30. The number of amides is 6. The van der Waals surface area contributed by atoms with Crippen molar-refractivity contribution >= 4 is 89.3 Å². The maximum Gasteiger partial charge on any atom is 0.261 e. The number of rotatable bonds is 25. The van der Waals surface area contributed by atoms with Crippen LogP contribution >= 0.6 is 0 Å². The highest BCUT2D eigenvalue weighted by Crippen LogP contribution is 2.46. The van der Waals surface area contributed by atoms with Gasteiger partial charge in [0, 0.05) is 115 Å². The van der Waals surface area contributed by atoms with Crippen LogP contribution in [0.4, 0.5) is 0 Å². The number of hydrogen-bond acceptors (Lipinski definition) is 11. The van der Waals surface area contributed by atoms with Gasteiger partial charge >= 0.3 is 0 Å². The normalized spacial score (nSPS) is 13.7. The summed E-state index contributed by atoms with van der Waals surface area (Å²) in [6, 6.07) is 81.9. The van der Waals surface area contributed by atoms with Gasteiger partial charge in [-0.05, 0) is 176 Å². The number of benzene rings is 12. The number of imide groups is 3. The fourth-order valence-corrected chi connectivity index (χ4v) is 18.0. The van der Waals surface area contributed by atoms with Crippen LogP contribution < -0.4 is 0 Å². The first-order chi connectivity index (χ1) is 58.4. The Balaban J connectivity index is 0.000000133. The molecule has 3 aliphatic rings. The average molecular weight is 1570 g/mol. The number of hydrogen-bond donors (Lipinski definition) is 0. The Labute approximate surface area is 695 Å². The third kappa shape index (κ3) is 15.3. The molecule has 119 heavy (non-hydrogen) atoms. The van der Waals surface area contributed by atoms with Gasteiger partial charge in [0.2, 0.25) is 0 Å². The standard InChI is InChI=1S/C35H32N4O2.2C35H32N2O2/c1-3-5-8-18-25(4-2)39-34(40)28-20-13-19-26-27(21-22-29(30(26)28)35(39)41)33-37-31(23-14-9-6-10-15-23)36-32(38-33)24-16-11-7-12-17-24;1-3-5-6-12-24(4-2)37-34(38)31-16-9-15-30-29(19-20-32(33(30)31)35(37)39)28-18-17-25(23-11-10-21-36-22-23)26-13-7-8-14-27(26)28;1-3-5-6-10-24(4-2)37-34(38)31-14-9-13-30-29(17-18-32(33(30)31)35(37)39)28-16-15-25(23-19-21-36-22-20-23)26-11-7-8-12-27(26)28/h6-7,9-17,19-22,25H,3-5,8,18H2,1-2H3;7-11,13-22,24H,3-6,12H2,1-2H3;7-9,11-22,24H,3-6,10H2,1-2H3. The second-order valence-corrected chi connectivity index (χ2v) is 31.2. The minimum atomic E-state index is -0.223. The van der Waals surface area contributed by atoms with E-state index in [1.165, 1.54) is 14.7 Å². The van der Waals surface area contributed by atoms with E-state index in [1.807, 2.05) is 183 Å². The third-order valence-corrected chi connectivity index (χ3v) is 24.1. The average Bonchev–Trinajstić information content (AvgIpc) is 0.740. The summed E-state index contributed by atoms with van der Waals surface area (Å²) in [4.78, 5) is 111. The van der Waals surface area contributed by atoms with Crippen LogP contribution in [-0.2, 0) is 0 Å². The van der Waals surface area contributed by atoms with Crippen LogP contribution in [0.3, 0.4) is 0 Å². The van der Waals surface area contributed by atoms with Crippen LogP contribution in [-0.4, -0.2) is 93.2 Å². The highest BCUT2D eigenvalue weighted by atomic mass is 16.2. The minimum absolute atomic E-state index is 0.0793. The van der Waals surface area contributed by atoms with Crippen molar-refractivity contribution < 1.29 is 28.8 Å². The molecular weight excluding hydrogens is 1470 g/mol. The van der Waals surface area contributed by atoms with Crippen molar-refractivity contribution in [2.45, 2.75) is 156 Å². The lowest BCUT2D eigenvalue weighted by Crippen LogP contribution is -2.46. The number of unbranched alkanes of at least 4 members (excludes halogenated alkanes) is 6. The van der Waals surface area contributed by atoms with E-state index in [0.29, 0.717) is 56.2 Å². The summed E-state index contributed by atoms with van der Waals surface area (Å²) in [5.74, 6) is 0.490. The Hall–Kier alpha value is -13.3. The first kappa shape index (κ1) is 79.5. The van der Waals surface area contributed by atoms with E-state index in [0.717, 1.165) is 206 Å². The molecule has 15 aromatic rings. The molecule has 0 N–H and O–H groups in total. The monoisotopic (exact) mass is 1560 g/mol. The number of nitrogens with zero attached hydrogens (tertiary/aromatic N) is 8.